The number of rotatable bonds is 4. The number of carbonyl (C=O) groups is 1. The molecule has 1 amide bonds. The van der Waals surface area contributed by atoms with E-state index in [2.05, 4.69) is 4.74 Å². The summed E-state index contributed by atoms with van der Waals surface area (Å²) in [6, 6.07) is 11.0. The van der Waals surface area contributed by atoms with Crippen molar-refractivity contribution in [3.05, 3.63) is 53.1 Å². The molecule has 0 radical (unpaired) electrons. The van der Waals surface area contributed by atoms with Crippen molar-refractivity contribution in [1.82, 2.24) is 0 Å². The first-order valence-corrected chi connectivity index (χ1v) is 8.32. The van der Waals surface area contributed by atoms with E-state index in [1.807, 2.05) is 38.1 Å². The van der Waals surface area contributed by atoms with Crippen molar-refractivity contribution in [1.29, 1.82) is 0 Å². The standard InChI is InChI=1S/C20H21F2NO3/c1-11-8-12(5-7-16(11)25-18(21)22)13-4-6-15-14(9-13)10-20(2,3)17(15)26-19(23)24/h4-9,17-18H,10H2,1-3H3,(H2,23,24)/t17-/m0/s1. The molecular formula is C20H21F2NO3. The molecule has 3 rings (SSSR count). The Bertz CT molecular complexity index is 849. The minimum absolute atomic E-state index is 0.168. The number of aryl methyl sites for hydroxylation is 1. The highest BCUT2D eigenvalue weighted by Gasteiger charge is 2.41. The Kier molecular flexibility index (Phi) is 4.61. The summed E-state index contributed by atoms with van der Waals surface area (Å²) in [7, 11) is 0. The number of ether oxygens (including phenoxy) is 2. The quantitative estimate of drug-likeness (QED) is 0.835. The summed E-state index contributed by atoms with van der Waals surface area (Å²) in [5.41, 5.74) is 9.51. The molecule has 4 nitrogen and oxygen atoms in total. The zero-order chi connectivity index (χ0) is 19.1. The van der Waals surface area contributed by atoms with Crippen LogP contribution in [0.1, 0.15) is 36.6 Å². The smallest absolute Gasteiger partial charge is 0.405 e. The van der Waals surface area contributed by atoms with Crippen molar-refractivity contribution >= 4 is 6.09 Å². The molecule has 0 aromatic heterocycles. The number of hydrogen-bond donors (Lipinski definition) is 1. The van der Waals surface area contributed by atoms with Crippen LogP contribution in [0.5, 0.6) is 5.75 Å². The maximum atomic E-state index is 12.4. The molecule has 0 saturated heterocycles. The molecule has 0 aliphatic heterocycles. The fourth-order valence-corrected chi connectivity index (χ4v) is 3.60. The van der Waals surface area contributed by atoms with E-state index in [-0.39, 0.29) is 17.3 Å². The second-order valence-electron chi connectivity index (χ2n) is 7.25. The minimum Gasteiger partial charge on any atom is -0.441 e. The van der Waals surface area contributed by atoms with E-state index in [9.17, 15) is 13.6 Å². The van der Waals surface area contributed by atoms with Gasteiger partial charge in [-0.3, -0.25) is 0 Å². The van der Waals surface area contributed by atoms with Crippen LogP contribution in [-0.4, -0.2) is 12.7 Å². The minimum atomic E-state index is -2.84. The molecule has 2 aromatic carbocycles. The molecule has 0 heterocycles. The maximum absolute atomic E-state index is 12.4. The second kappa shape index (κ2) is 6.59. The Hall–Kier alpha value is -2.63. The van der Waals surface area contributed by atoms with Gasteiger partial charge >= 0.3 is 12.7 Å². The summed E-state index contributed by atoms with van der Waals surface area (Å²) in [5, 5.41) is 0. The van der Waals surface area contributed by atoms with Crippen molar-refractivity contribution in [3.63, 3.8) is 0 Å². The zero-order valence-corrected chi connectivity index (χ0v) is 14.9. The van der Waals surface area contributed by atoms with Gasteiger partial charge in [0.25, 0.3) is 0 Å². The van der Waals surface area contributed by atoms with E-state index >= 15 is 0 Å². The van der Waals surface area contributed by atoms with Gasteiger partial charge in [0.1, 0.15) is 11.9 Å². The molecule has 1 aliphatic rings. The average Bonchev–Trinajstić information content (AvgIpc) is 2.78. The number of primary amides is 1. The van der Waals surface area contributed by atoms with E-state index in [4.69, 9.17) is 10.5 Å². The predicted octanol–water partition coefficient (Wildman–Crippen LogP) is 4.98. The normalized spacial score (nSPS) is 17.8. The fraction of sp³-hybridized carbons (Fsp3) is 0.350. The molecule has 6 heteroatoms. The fourth-order valence-electron chi connectivity index (χ4n) is 3.60. The van der Waals surface area contributed by atoms with Gasteiger partial charge in [0.05, 0.1) is 0 Å². The molecule has 138 valence electrons. The van der Waals surface area contributed by atoms with Crippen molar-refractivity contribution < 1.29 is 23.0 Å². The lowest BCUT2D eigenvalue weighted by molar-refractivity contribution is -0.0502. The van der Waals surface area contributed by atoms with Gasteiger partial charge in [0.2, 0.25) is 0 Å². The summed E-state index contributed by atoms with van der Waals surface area (Å²) in [4.78, 5) is 11.2. The third kappa shape index (κ3) is 3.49. The highest BCUT2D eigenvalue weighted by molar-refractivity contribution is 5.69. The van der Waals surface area contributed by atoms with Gasteiger partial charge in [-0.1, -0.05) is 38.1 Å². The first-order chi connectivity index (χ1) is 12.2. The van der Waals surface area contributed by atoms with Gasteiger partial charge in [-0.15, -0.1) is 0 Å². The average molecular weight is 361 g/mol. The lowest BCUT2D eigenvalue weighted by Gasteiger charge is -2.26. The van der Waals surface area contributed by atoms with Crippen molar-refractivity contribution in [2.45, 2.75) is 39.9 Å². The number of carbonyl (C=O) groups excluding carboxylic acids is 1. The van der Waals surface area contributed by atoms with Crippen LogP contribution < -0.4 is 10.5 Å². The second-order valence-corrected chi connectivity index (χ2v) is 7.25. The Balaban J connectivity index is 1.93. The molecule has 1 atom stereocenters. The number of benzene rings is 2. The highest BCUT2D eigenvalue weighted by Crippen LogP contribution is 2.48. The maximum Gasteiger partial charge on any atom is 0.405 e. The Morgan fingerprint density at radius 2 is 1.85 bits per heavy atom. The number of amides is 1. The molecular weight excluding hydrogens is 340 g/mol. The van der Waals surface area contributed by atoms with E-state index in [1.165, 1.54) is 0 Å². The third-order valence-electron chi connectivity index (χ3n) is 4.74. The Morgan fingerprint density at radius 3 is 2.46 bits per heavy atom. The largest absolute Gasteiger partial charge is 0.441 e. The Morgan fingerprint density at radius 1 is 1.19 bits per heavy atom. The van der Waals surface area contributed by atoms with Gasteiger partial charge in [0.15, 0.2) is 0 Å². The van der Waals surface area contributed by atoms with Crippen molar-refractivity contribution in [2.24, 2.45) is 11.1 Å². The van der Waals surface area contributed by atoms with Crippen LogP contribution in [0.4, 0.5) is 13.6 Å². The van der Waals surface area contributed by atoms with Gasteiger partial charge in [0, 0.05) is 5.41 Å². The first kappa shape index (κ1) is 18.2. The molecule has 0 bridgehead atoms. The van der Waals surface area contributed by atoms with Gasteiger partial charge < -0.3 is 15.2 Å². The van der Waals surface area contributed by atoms with E-state index in [1.54, 1.807) is 19.1 Å². The molecule has 2 aromatic rings. The molecule has 0 fully saturated rings. The predicted molar refractivity (Wildman–Crippen MR) is 94.1 cm³/mol. The van der Waals surface area contributed by atoms with Crippen LogP contribution in [-0.2, 0) is 11.2 Å². The van der Waals surface area contributed by atoms with E-state index < -0.39 is 12.7 Å². The summed E-state index contributed by atoms with van der Waals surface area (Å²) in [5.74, 6) is 0.168. The first-order valence-electron chi connectivity index (χ1n) is 8.32. The Labute approximate surface area is 150 Å². The lowest BCUT2D eigenvalue weighted by Crippen LogP contribution is -2.25. The number of halogens is 2. The van der Waals surface area contributed by atoms with Gasteiger partial charge in [-0.2, -0.15) is 8.78 Å². The highest BCUT2D eigenvalue weighted by atomic mass is 19.3. The van der Waals surface area contributed by atoms with Crippen LogP contribution in [0.3, 0.4) is 0 Å². The summed E-state index contributed by atoms with van der Waals surface area (Å²) in [6.45, 7) is 2.94. The van der Waals surface area contributed by atoms with Crippen LogP contribution in [0.2, 0.25) is 0 Å². The number of nitrogens with two attached hydrogens (primary N) is 1. The monoisotopic (exact) mass is 361 g/mol. The summed E-state index contributed by atoms with van der Waals surface area (Å²) < 4.78 is 34.6. The van der Waals surface area contributed by atoms with Crippen LogP contribution in [0.25, 0.3) is 11.1 Å². The third-order valence-corrected chi connectivity index (χ3v) is 4.74. The van der Waals surface area contributed by atoms with E-state index in [0.29, 0.717) is 5.56 Å². The van der Waals surface area contributed by atoms with Crippen molar-refractivity contribution in [2.75, 3.05) is 0 Å². The molecule has 0 spiro atoms. The topological polar surface area (TPSA) is 61.5 Å². The molecule has 0 unspecified atom stereocenters. The van der Waals surface area contributed by atoms with Gasteiger partial charge in [-0.25, -0.2) is 4.79 Å². The lowest BCUT2D eigenvalue weighted by atomic mass is 9.87. The SMILES string of the molecule is Cc1cc(-c2ccc3c(c2)CC(C)(C)[C@H]3OC(N)=O)ccc1OC(F)F. The molecule has 2 N–H and O–H groups in total. The van der Waals surface area contributed by atoms with Crippen LogP contribution in [0.15, 0.2) is 36.4 Å². The number of hydrogen-bond acceptors (Lipinski definition) is 3. The molecule has 26 heavy (non-hydrogen) atoms. The van der Waals surface area contributed by atoms with Crippen molar-refractivity contribution in [3.8, 4) is 16.9 Å². The molecule has 1 aliphatic carbocycles. The molecule has 0 saturated carbocycles. The number of alkyl halides is 2. The number of fused-ring (bicyclic) bond motifs is 1. The summed E-state index contributed by atoms with van der Waals surface area (Å²) >= 11 is 0. The van der Waals surface area contributed by atoms with Gasteiger partial charge in [-0.05, 0) is 53.3 Å². The van der Waals surface area contributed by atoms with E-state index in [0.717, 1.165) is 28.7 Å². The summed E-state index contributed by atoms with van der Waals surface area (Å²) in [6.07, 6.45) is -0.419. The van der Waals surface area contributed by atoms with Crippen LogP contribution in [0, 0.1) is 12.3 Å². The van der Waals surface area contributed by atoms with Crippen LogP contribution >= 0.6 is 0 Å². The zero-order valence-electron chi connectivity index (χ0n) is 14.9.